The largest absolute Gasteiger partial charge is 0.507 e. The van der Waals surface area contributed by atoms with Crippen LogP contribution in [0.15, 0.2) is 53.7 Å². The fourth-order valence-electron chi connectivity index (χ4n) is 1.58. The molecular weight excluding hydrogens is 278 g/mol. The minimum atomic E-state index is -0.587. The van der Waals surface area contributed by atoms with Gasteiger partial charge >= 0.3 is 5.97 Å². The van der Waals surface area contributed by atoms with Crippen LogP contribution in [0.2, 0.25) is 5.02 Å². The molecule has 102 valence electrons. The molecule has 0 fully saturated rings. The fraction of sp³-hybridized carbons (Fsp3) is 0.0667. The van der Waals surface area contributed by atoms with Crippen molar-refractivity contribution in [2.45, 2.75) is 6.92 Å². The van der Waals surface area contributed by atoms with Crippen molar-refractivity contribution in [1.82, 2.24) is 0 Å². The lowest BCUT2D eigenvalue weighted by Crippen LogP contribution is -2.04. The van der Waals surface area contributed by atoms with Crippen LogP contribution < -0.4 is 0 Å². The highest BCUT2D eigenvalue weighted by Gasteiger charge is 2.08. The number of nitrogens with zero attached hydrogens (tertiary/aromatic N) is 1. The molecular formula is C15H12ClNO3. The number of carbonyl (C=O) groups excluding carboxylic acids is 1. The smallest absolute Gasteiger partial charge is 0.365 e. The van der Waals surface area contributed by atoms with E-state index in [4.69, 9.17) is 16.4 Å². The van der Waals surface area contributed by atoms with Gasteiger partial charge in [0.15, 0.2) is 0 Å². The van der Waals surface area contributed by atoms with Gasteiger partial charge in [-0.2, -0.15) is 0 Å². The van der Waals surface area contributed by atoms with Crippen LogP contribution >= 0.6 is 11.6 Å². The Morgan fingerprint density at radius 1 is 1.15 bits per heavy atom. The number of carbonyl (C=O) groups is 1. The van der Waals surface area contributed by atoms with Gasteiger partial charge in [0.05, 0.1) is 11.3 Å². The summed E-state index contributed by atoms with van der Waals surface area (Å²) in [7, 11) is 0. The van der Waals surface area contributed by atoms with Gasteiger partial charge < -0.3 is 9.94 Å². The normalized spacial score (nSPS) is 11.2. The quantitative estimate of drug-likeness (QED) is 0.533. The summed E-state index contributed by atoms with van der Waals surface area (Å²) in [6.07, 6.45) is 0. The van der Waals surface area contributed by atoms with Crippen LogP contribution in [0.1, 0.15) is 22.8 Å². The second-order valence-electron chi connectivity index (χ2n) is 4.08. The minimum Gasteiger partial charge on any atom is -0.507 e. The number of halogens is 1. The van der Waals surface area contributed by atoms with Crippen LogP contribution in [0.4, 0.5) is 0 Å². The predicted molar refractivity (Wildman–Crippen MR) is 77.2 cm³/mol. The summed E-state index contributed by atoms with van der Waals surface area (Å²) in [4.78, 5) is 16.6. The van der Waals surface area contributed by atoms with E-state index in [1.54, 1.807) is 49.4 Å². The average Bonchev–Trinajstić information content (AvgIpc) is 2.45. The van der Waals surface area contributed by atoms with Crippen molar-refractivity contribution in [2.75, 3.05) is 0 Å². The first-order valence-electron chi connectivity index (χ1n) is 5.88. The third kappa shape index (κ3) is 3.36. The molecule has 20 heavy (non-hydrogen) atoms. The zero-order chi connectivity index (χ0) is 14.5. The van der Waals surface area contributed by atoms with Gasteiger partial charge in [0.2, 0.25) is 0 Å². The molecule has 2 aromatic carbocycles. The number of benzene rings is 2. The molecule has 0 bridgehead atoms. The topological polar surface area (TPSA) is 58.9 Å². The molecule has 1 N–H and O–H groups in total. The molecule has 4 nitrogen and oxygen atoms in total. The molecule has 0 aromatic heterocycles. The third-order valence-electron chi connectivity index (χ3n) is 2.64. The molecule has 0 saturated heterocycles. The first kappa shape index (κ1) is 14.1. The highest BCUT2D eigenvalue weighted by atomic mass is 35.5. The molecule has 0 aliphatic carbocycles. The lowest BCUT2D eigenvalue weighted by molar-refractivity contribution is 0.0516. The Bertz CT molecular complexity index is 650. The van der Waals surface area contributed by atoms with Crippen LogP contribution in [0, 0.1) is 0 Å². The predicted octanol–water partition coefficient (Wildman–Crippen LogP) is 3.63. The van der Waals surface area contributed by atoms with Crippen LogP contribution in [-0.4, -0.2) is 16.8 Å². The maximum Gasteiger partial charge on any atom is 0.365 e. The number of hydrogen-bond donors (Lipinski definition) is 1. The van der Waals surface area contributed by atoms with E-state index in [-0.39, 0.29) is 5.75 Å². The van der Waals surface area contributed by atoms with Crippen LogP contribution in [0.25, 0.3) is 0 Å². The Labute approximate surface area is 121 Å². The Morgan fingerprint density at radius 2 is 1.80 bits per heavy atom. The van der Waals surface area contributed by atoms with Crippen LogP contribution in [0.3, 0.4) is 0 Å². The molecule has 5 heteroatoms. The Kier molecular flexibility index (Phi) is 4.38. The molecule has 0 amide bonds. The Hall–Kier alpha value is -2.33. The number of oxime groups is 1. The molecule has 0 heterocycles. The monoisotopic (exact) mass is 289 g/mol. The SMILES string of the molecule is CC(=NOC(=O)c1ccc(Cl)cc1)c1ccccc1O. The zero-order valence-corrected chi connectivity index (χ0v) is 11.5. The number of phenols is 1. The molecule has 0 unspecified atom stereocenters. The second kappa shape index (κ2) is 6.21. The van der Waals surface area contributed by atoms with E-state index in [1.165, 1.54) is 6.07 Å². The molecule has 2 aromatic rings. The molecule has 0 saturated carbocycles. The molecule has 0 spiro atoms. The van der Waals surface area contributed by atoms with E-state index < -0.39 is 5.97 Å². The van der Waals surface area contributed by atoms with Crippen molar-refractivity contribution in [1.29, 1.82) is 0 Å². The number of hydrogen-bond acceptors (Lipinski definition) is 4. The molecule has 2 rings (SSSR count). The van der Waals surface area contributed by atoms with E-state index in [1.807, 2.05) is 0 Å². The average molecular weight is 290 g/mol. The first-order chi connectivity index (χ1) is 9.58. The van der Waals surface area contributed by atoms with Gasteiger partial charge in [0.1, 0.15) is 5.75 Å². The lowest BCUT2D eigenvalue weighted by atomic mass is 10.1. The minimum absolute atomic E-state index is 0.0799. The molecule has 0 radical (unpaired) electrons. The summed E-state index contributed by atoms with van der Waals surface area (Å²) in [5.41, 5.74) is 1.27. The van der Waals surface area contributed by atoms with Crippen molar-refractivity contribution in [3.8, 4) is 5.75 Å². The van der Waals surface area contributed by atoms with Gasteiger partial charge in [0, 0.05) is 10.6 Å². The third-order valence-corrected chi connectivity index (χ3v) is 2.89. The number of para-hydroxylation sites is 1. The highest BCUT2D eigenvalue weighted by Crippen LogP contribution is 2.17. The summed E-state index contributed by atoms with van der Waals surface area (Å²) in [5, 5.41) is 13.9. The zero-order valence-electron chi connectivity index (χ0n) is 10.7. The number of phenolic OH excluding ortho intramolecular Hbond substituents is 1. The van der Waals surface area contributed by atoms with E-state index in [9.17, 15) is 9.90 Å². The van der Waals surface area contributed by atoms with Crippen molar-refractivity contribution < 1.29 is 14.7 Å². The molecule has 0 aliphatic rings. The Morgan fingerprint density at radius 3 is 2.45 bits per heavy atom. The first-order valence-corrected chi connectivity index (χ1v) is 6.25. The number of rotatable bonds is 3. The summed E-state index contributed by atoms with van der Waals surface area (Å²) in [6, 6.07) is 13.0. The van der Waals surface area contributed by atoms with Crippen molar-refractivity contribution >= 4 is 23.3 Å². The highest BCUT2D eigenvalue weighted by molar-refractivity contribution is 6.30. The summed E-state index contributed by atoms with van der Waals surface area (Å²) >= 11 is 5.73. The maximum atomic E-state index is 11.7. The second-order valence-corrected chi connectivity index (χ2v) is 4.52. The van der Waals surface area contributed by atoms with Gasteiger partial charge in [-0.3, -0.25) is 0 Å². The van der Waals surface area contributed by atoms with E-state index in [0.29, 0.717) is 21.9 Å². The summed E-state index contributed by atoms with van der Waals surface area (Å²) in [5.74, 6) is -0.507. The lowest BCUT2D eigenvalue weighted by Gasteiger charge is -2.03. The summed E-state index contributed by atoms with van der Waals surface area (Å²) in [6.45, 7) is 1.64. The summed E-state index contributed by atoms with van der Waals surface area (Å²) < 4.78 is 0. The Balaban J connectivity index is 2.11. The van der Waals surface area contributed by atoms with Crippen molar-refractivity contribution in [3.05, 3.63) is 64.7 Å². The standard InChI is InChI=1S/C15H12ClNO3/c1-10(13-4-2-3-5-14(13)18)17-20-15(19)11-6-8-12(16)9-7-11/h2-9,18H,1H3. The fourth-order valence-corrected chi connectivity index (χ4v) is 1.70. The van der Waals surface area contributed by atoms with Gasteiger partial charge in [-0.25, -0.2) is 4.79 Å². The van der Waals surface area contributed by atoms with Crippen molar-refractivity contribution in [2.24, 2.45) is 5.16 Å². The molecule has 0 atom stereocenters. The van der Waals surface area contributed by atoms with Gasteiger partial charge in [-0.05, 0) is 43.3 Å². The maximum absolute atomic E-state index is 11.7. The molecule has 0 aliphatic heterocycles. The van der Waals surface area contributed by atoms with E-state index in [2.05, 4.69) is 5.16 Å². The van der Waals surface area contributed by atoms with Crippen LogP contribution in [0.5, 0.6) is 5.75 Å². The van der Waals surface area contributed by atoms with E-state index in [0.717, 1.165) is 0 Å². The van der Waals surface area contributed by atoms with Crippen LogP contribution in [-0.2, 0) is 4.84 Å². The van der Waals surface area contributed by atoms with Crippen molar-refractivity contribution in [3.63, 3.8) is 0 Å². The van der Waals surface area contributed by atoms with Gasteiger partial charge in [0.25, 0.3) is 0 Å². The van der Waals surface area contributed by atoms with E-state index >= 15 is 0 Å². The van der Waals surface area contributed by atoms with Gasteiger partial charge in [-0.15, -0.1) is 0 Å². The number of aromatic hydroxyl groups is 1. The van der Waals surface area contributed by atoms with Gasteiger partial charge in [-0.1, -0.05) is 28.9 Å².